The Hall–Kier alpha value is -2.23. The summed E-state index contributed by atoms with van der Waals surface area (Å²) in [6, 6.07) is 12.9. The lowest BCUT2D eigenvalue weighted by Crippen LogP contribution is -2.42. The lowest BCUT2D eigenvalue weighted by atomic mass is 9.95. The third-order valence-corrected chi connectivity index (χ3v) is 5.14. The summed E-state index contributed by atoms with van der Waals surface area (Å²) in [5.41, 5.74) is 1.52. The number of guanidine groups is 1. The summed E-state index contributed by atoms with van der Waals surface area (Å²) in [5.74, 6) is 1.49. The first-order valence-electron chi connectivity index (χ1n) is 9.20. The lowest BCUT2D eigenvalue weighted by molar-refractivity contribution is 0.559. The van der Waals surface area contributed by atoms with Crippen LogP contribution in [0.25, 0.3) is 5.65 Å². The summed E-state index contributed by atoms with van der Waals surface area (Å²) >= 11 is 0. The van der Waals surface area contributed by atoms with Gasteiger partial charge < -0.3 is 10.6 Å². The third-order valence-electron chi connectivity index (χ3n) is 5.14. The van der Waals surface area contributed by atoms with Crippen molar-refractivity contribution < 1.29 is 4.39 Å². The second-order valence-electron chi connectivity index (χ2n) is 6.91. The quantitative estimate of drug-likeness (QED) is 0.314. The second-order valence-corrected chi connectivity index (χ2v) is 6.91. The fourth-order valence-electron chi connectivity index (χ4n) is 3.41. The Bertz CT molecular complexity index is 966. The van der Waals surface area contributed by atoms with Gasteiger partial charge in [0.25, 0.3) is 0 Å². The van der Waals surface area contributed by atoms with Gasteiger partial charge in [0.2, 0.25) is 0 Å². The third kappa shape index (κ3) is 4.26. The molecule has 4 rings (SSSR count). The Labute approximate surface area is 180 Å². The number of nitrogens with zero attached hydrogens (tertiary/aromatic N) is 4. The summed E-state index contributed by atoms with van der Waals surface area (Å²) in [5, 5.41) is 15.0. The molecule has 28 heavy (non-hydrogen) atoms. The van der Waals surface area contributed by atoms with Crippen molar-refractivity contribution in [3.8, 4) is 0 Å². The molecule has 2 N–H and O–H groups in total. The molecule has 3 aromatic rings. The van der Waals surface area contributed by atoms with Crippen LogP contribution in [0.2, 0.25) is 0 Å². The van der Waals surface area contributed by atoms with Crippen LogP contribution in [0.1, 0.15) is 24.2 Å². The van der Waals surface area contributed by atoms with Crippen LogP contribution in [0, 0.1) is 5.82 Å². The first-order chi connectivity index (χ1) is 13.2. The molecule has 0 bridgehead atoms. The van der Waals surface area contributed by atoms with Crippen LogP contribution >= 0.6 is 24.0 Å². The van der Waals surface area contributed by atoms with E-state index in [-0.39, 0.29) is 35.2 Å². The van der Waals surface area contributed by atoms with E-state index >= 15 is 0 Å². The zero-order chi connectivity index (χ0) is 18.7. The summed E-state index contributed by atoms with van der Waals surface area (Å²) < 4.78 is 16.1. The minimum atomic E-state index is -0.126. The number of hydrogen-bond acceptors (Lipinski definition) is 3. The second kappa shape index (κ2) is 8.85. The van der Waals surface area contributed by atoms with Gasteiger partial charge in [-0.1, -0.05) is 24.3 Å². The Morgan fingerprint density at radius 2 is 1.93 bits per heavy atom. The molecule has 0 aliphatic heterocycles. The van der Waals surface area contributed by atoms with Crippen LogP contribution in [0.3, 0.4) is 0 Å². The number of halogens is 2. The highest BCUT2D eigenvalue weighted by Gasteiger charge is 2.45. The van der Waals surface area contributed by atoms with Crippen molar-refractivity contribution in [1.82, 2.24) is 25.2 Å². The molecule has 1 aliphatic rings. The van der Waals surface area contributed by atoms with Gasteiger partial charge in [-0.2, -0.15) is 0 Å². The number of nitrogens with one attached hydrogen (secondary N) is 2. The number of aromatic nitrogens is 3. The number of fused-ring (bicyclic) bond motifs is 1. The Balaban J connectivity index is 0.00000225. The molecule has 0 amide bonds. The number of hydrogen-bond donors (Lipinski definition) is 2. The van der Waals surface area contributed by atoms with Gasteiger partial charge in [-0.25, -0.2) is 4.39 Å². The Morgan fingerprint density at radius 1 is 1.14 bits per heavy atom. The highest BCUT2D eigenvalue weighted by molar-refractivity contribution is 14.0. The molecule has 2 aromatic heterocycles. The highest BCUT2D eigenvalue weighted by Crippen LogP contribution is 2.48. The molecule has 8 heteroatoms. The maximum Gasteiger partial charge on any atom is 0.191 e. The van der Waals surface area contributed by atoms with Crippen LogP contribution in [0.4, 0.5) is 4.39 Å². The standard InChI is InChI=1S/C20H23FN6.HI/c1-22-19(23-12-9-18-26-25-17-8-4-5-13-27(17)18)24-14-20(10-11-20)15-6-2-3-7-16(15)21;/h2-8,13H,9-12,14H2,1H3,(H2,22,23,24);1H. The number of rotatable bonds is 6. The van der Waals surface area contributed by atoms with E-state index in [1.54, 1.807) is 13.1 Å². The van der Waals surface area contributed by atoms with E-state index in [4.69, 9.17) is 0 Å². The molecule has 0 atom stereocenters. The van der Waals surface area contributed by atoms with Crippen molar-refractivity contribution in [3.05, 3.63) is 65.9 Å². The smallest absolute Gasteiger partial charge is 0.191 e. The number of aliphatic imine (C=N–C) groups is 1. The van der Waals surface area contributed by atoms with Gasteiger partial charge >= 0.3 is 0 Å². The zero-order valence-corrected chi connectivity index (χ0v) is 18.1. The summed E-state index contributed by atoms with van der Waals surface area (Å²) in [6.07, 6.45) is 4.67. The van der Waals surface area contributed by atoms with Crippen molar-refractivity contribution in [1.29, 1.82) is 0 Å². The molecule has 2 heterocycles. The molecule has 148 valence electrons. The average molecular weight is 494 g/mol. The van der Waals surface area contributed by atoms with Gasteiger partial charge in [0.1, 0.15) is 11.6 Å². The maximum absolute atomic E-state index is 14.1. The van der Waals surface area contributed by atoms with Crippen LogP contribution < -0.4 is 10.6 Å². The predicted octanol–water partition coefficient (Wildman–Crippen LogP) is 2.93. The van der Waals surface area contributed by atoms with Crippen molar-refractivity contribution in [2.75, 3.05) is 20.1 Å². The van der Waals surface area contributed by atoms with Gasteiger partial charge in [-0.3, -0.25) is 9.39 Å². The average Bonchev–Trinajstić information content (AvgIpc) is 3.38. The van der Waals surface area contributed by atoms with Crippen LogP contribution in [-0.2, 0) is 11.8 Å². The molecular weight excluding hydrogens is 470 g/mol. The lowest BCUT2D eigenvalue weighted by Gasteiger charge is -2.19. The first-order valence-corrected chi connectivity index (χ1v) is 9.20. The summed E-state index contributed by atoms with van der Waals surface area (Å²) in [4.78, 5) is 4.27. The number of pyridine rings is 1. The molecule has 1 saturated carbocycles. The number of benzene rings is 1. The molecular formula is C20H24FIN6. The highest BCUT2D eigenvalue weighted by atomic mass is 127. The molecule has 1 aliphatic carbocycles. The predicted molar refractivity (Wildman–Crippen MR) is 119 cm³/mol. The normalized spacial score (nSPS) is 15.1. The van der Waals surface area contributed by atoms with E-state index in [2.05, 4.69) is 25.8 Å². The van der Waals surface area contributed by atoms with E-state index in [9.17, 15) is 4.39 Å². The van der Waals surface area contributed by atoms with Crippen LogP contribution in [-0.4, -0.2) is 40.7 Å². The van der Waals surface area contributed by atoms with Crippen LogP contribution in [0.5, 0.6) is 0 Å². The van der Waals surface area contributed by atoms with Crippen molar-refractivity contribution >= 4 is 35.6 Å². The van der Waals surface area contributed by atoms with E-state index < -0.39 is 0 Å². The van der Waals surface area contributed by atoms with E-state index in [1.807, 2.05) is 40.9 Å². The van der Waals surface area contributed by atoms with E-state index in [0.29, 0.717) is 19.0 Å². The van der Waals surface area contributed by atoms with E-state index in [0.717, 1.165) is 36.3 Å². The topological polar surface area (TPSA) is 66.6 Å². The minimum Gasteiger partial charge on any atom is -0.356 e. The van der Waals surface area contributed by atoms with E-state index in [1.165, 1.54) is 6.07 Å². The van der Waals surface area contributed by atoms with Crippen LogP contribution in [0.15, 0.2) is 53.7 Å². The molecule has 1 aromatic carbocycles. The van der Waals surface area contributed by atoms with Gasteiger partial charge in [0.15, 0.2) is 11.6 Å². The monoisotopic (exact) mass is 494 g/mol. The summed E-state index contributed by atoms with van der Waals surface area (Å²) in [6.45, 7) is 1.35. The molecule has 6 nitrogen and oxygen atoms in total. The zero-order valence-electron chi connectivity index (χ0n) is 15.7. The SMILES string of the molecule is CN=C(NCCc1nnc2ccccn12)NCC1(c2ccccc2F)CC1.I. The minimum absolute atomic E-state index is 0. The van der Waals surface area contributed by atoms with Crippen molar-refractivity contribution in [2.45, 2.75) is 24.7 Å². The Morgan fingerprint density at radius 3 is 2.68 bits per heavy atom. The van der Waals surface area contributed by atoms with Crippen molar-refractivity contribution in [3.63, 3.8) is 0 Å². The van der Waals surface area contributed by atoms with Gasteiger partial charge in [-0.15, -0.1) is 34.2 Å². The molecule has 0 unspecified atom stereocenters. The van der Waals surface area contributed by atoms with Gasteiger partial charge in [-0.05, 0) is 36.6 Å². The molecule has 0 radical (unpaired) electrons. The molecule has 0 saturated heterocycles. The van der Waals surface area contributed by atoms with Gasteiger partial charge in [0.05, 0.1) is 0 Å². The molecule has 0 spiro atoms. The fourth-order valence-corrected chi connectivity index (χ4v) is 3.41. The molecule has 1 fully saturated rings. The largest absolute Gasteiger partial charge is 0.356 e. The van der Waals surface area contributed by atoms with Crippen molar-refractivity contribution in [2.24, 2.45) is 4.99 Å². The first kappa shape index (κ1) is 20.5. The Kier molecular flexibility index (Phi) is 6.48. The summed E-state index contributed by atoms with van der Waals surface area (Å²) in [7, 11) is 1.74. The fraction of sp³-hybridized carbons (Fsp3) is 0.350. The van der Waals surface area contributed by atoms with Gasteiger partial charge in [0, 0.05) is 38.2 Å². The maximum atomic E-state index is 14.1.